The number of ether oxygens (including phenoxy) is 1. The number of carbonyl (C=O) groups is 1. The Bertz CT molecular complexity index is 589. The van der Waals surface area contributed by atoms with Gasteiger partial charge in [0.2, 0.25) is 0 Å². The number of aliphatic hydroxyl groups is 1. The van der Waals surface area contributed by atoms with Gasteiger partial charge >= 0.3 is 6.18 Å². The molecule has 2 unspecified atom stereocenters. The average Bonchev–Trinajstić information content (AvgIpc) is 2.36. The van der Waals surface area contributed by atoms with E-state index < -0.39 is 35.2 Å². The second-order valence-corrected chi connectivity index (χ2v) is 4.66. The maximum atomic E-state index is 12.8. The molecule has 0 amide bonds. The largest absolute Gasteiger partial charge is 0.443 e. The van der Waals surface area contributed by atoms with Crippen molar-refractivity contribution < 1.29 is 32.7 Å². The minimum absolute atomic E-state index is 0.0277. The molecule has 1 aliphatic rings. The molecular formula is C12H10F3NO5. The Morgan fingerprint density at radius 3 is 2.67 bits per heavy atom. The monoisotopic (exact) mass is 305 g/mol. The molecule has 0 aromatic heterocycles. The third-order valence-corrected chi connectivity index (χ3v) is 3.08. The zero-order valence-electron chi connectivity index (χ0n) is 10.5. The fraction of sp³-hybridized carbons (Fsp3) is 0.417. The van der Waals surface area contributed by atoms with Crippen LogP contribution >= 0.6 is 0 Å². The van der Waals surface area contributed by atoms with Crippen LogP contribution in [0.5, 0.6) is 0 Å². The summed E-state index contributed by atoms with van der Waals surface area (Å²) in [6.45, 7) is 0. The van der Waals surface area contributed by atoms with Crippen molar-refractivity contribution in [3.8, 4) is 0 Å². The van der Waals surface area contributed by atoms with Crippen molar-refractivity contribution in [2.75, 3.05) is 0 Å². The Hall–Kier alpha value is -2.00. The number of benzene rings is 1. The van der Waals surface area contributed by atoms with Crippen LogP contribution in [0.15, 0.2) is 24.3 Å². The summed E-state index contributed by atoms with van der Waals surface area (Å²) in [6.07, 6.45) is -8.11. The quantitative estimate of drug-likeness (QED) is 0.668. The predicted octanol–water partition coefficient (Wildman–Crippen LogP) is 2.27. The minimum Gasteiger partial charge on any atom is -0.358 e. The molecule has 21 heavy (non-hydrogen) atoms. The number of hydrogen-bond acceptors (Lipinski definition) is 5. The van der Waals surface area contributed by atoms with Crippen LogP contribution in [0.3, 0.4) is 0 Å². The van der Waals surface area contributed by atoms with E-state index in [0.29, 0.717) is 0 Å². The highest BCUT2D eigenvalue weighted by Gasteiger charge is 2.59. The van der Waals surface area contributed by atoms with Gasteiger partial charge in [-0.25, -0.2) is 0 Å². The van der Waals surface area contributed by atoms with Gasteiger partial charge in [0.05, 0.1) is 17.4 Å². The molecule has 0 spiro atoms. The average molecular weight is 305 g/mol. The summed E-state index contributed by atoms with van der Waals surface area (Å²) in [5.41, 5.74) is -0.315. The van der Waals surface area contributed by atoms with Crippen molar-refractivity contribution in [1.29, 1.82) is 0 Å². The summed E-state index contributed by atoms with van der Waals surface area (Å²) in [5.74, 6) is -4.41. The first-order chi connectivity index (χ1) is 9.62. The van der Waals surface area contributed by atoms with Crippen molar-refractivity contribution >= 4 is 11.5 Å². The third-order valence-electron chi connectivity index (χ3n) is 3.08. The van der Waals surface area contributed by atoms with E-state index in [2.05, 4.69) is 4.74 Å². The highest BCUT2D eigenvalue weighted by atomic mass is 19.4. The van der Waals surface area contributed by atoms with E-state index in [4.69, 9.17) is 0 Å². The molecule has 0 bridgehead atoms. The number of ketones is 1. The Morgan fingerprint density at radius 1 is 1.43 bits per heavy atom. The lowest BCUT2D eigenvalue weighted by Crippen LogP contribution is -2.52. The summed E-state index contributed by atoms with van der Waals surface area (Å²) in [4.78, 5) is 21.4. The molecule has 2 atom stereocenters. The van der Waals surface area contributed by atoms with Crippen molar-refractivity contribution in [2.45, 2.75) is 30.9 Å². The first-order valence-corrected chi connectivity index (χ1v) is 5.85. The van der Waals surface area contributed by atoms with E-state index in [9.17, 15) is 33.2 Å². The van der Waals surface area contributed by atoms with Gasteiger partial charge in [0, 0.05) is 18.6 Å². The molecule has 0 aliphatic carbocycles. The smallest absolute Gasteiger partial charge is 0.358 e. The normalized spacial score (nSPS) is 26.7. The lowest BCUT2D eigenvalue weighted by atomic mass is 9.95. The van der Waals surface area contributed by atoms with Crippen molar-refractivity contribution in [1.82, 2.24) is 0 Å². The number of non-ortho nitro benzene ring substituents is 1. The minimum atomic E-state index is -5.14. The molecule has 1 aromatic rings. The van der Waals surface area contributed by atoms with Gasteiger partial charge in [-0.05, 0) is 5.56 Å². The lowest BCUT2D eigenvalue weighted by Gasteiger charge is -2.37. The van der Waals surface area contributed by atoms with E-state index in [1.165, 1.54) is 12.1 Å². The number of halogens is 3. The number of nitro benzene ring substituents is 1. The van der Waals surface area contributed by atoms with Gasteiger partial charge in [-0.1, -0.05) is 12.1 Å². The van der Waals surface area contributed by atoms with E-state index >= 15 is 0 Å². The molecule has 0 radical (unpaired) electrons. The fourth-order valence-electron chi connectivity index (χ4n) is 2.06. The van der Waals surface area contributed by atoms with Crippen LogP contribution < -0.4 is 0 Å². The summed E-state index contributed by atoms with van der Waals surface area (Å²) in [7, 11) is 0. The highest BCUT2D eigenvalue weighted by molar-refractivity contribution is 5.80. The van der Waals surface area contributed by atoms with Crippen LogP contribution in [0.4, 0.5) is 18.9 Å². The van der Waals surface area contributed by atoms with E-state index in [1.54, 1.807) is 0 Å². The maximum absolute atomic E-state index is 12.8. The van der Waals surface area contributed by atoms with E-state index in [0.717, 1.165) is 12.1 Å². The second-order valence-electron chi connectivity index (χ2n) is 4.66. The standard InChI is InChI=1S/C12H10F3NO5/c13-12(14,15)11(18)6-9(17)5-10(21-11)7-2-1-3-8(4-7)16(19)20/h1-4,10,18H,5-6H2. The first-order valence-electron chi connectivity index (χ1n) is 5.85. The molecule has 1 aromatic carbocycles. The Kier molecular flexibility index (Phi) is 3.72. The molecule has 1 heterocycles. The summed E-state index contributed by atoms with van der Waals surface area (Å²) in [6, 6.07) is 4.74. The molecule has 1 fully saturated rings. The zero-order valence-corrected chi connectivity index (χ0v) is 10.5. The number of rotatable bonds is 2. The highest BCUT2D eigenvalue weighted by Crippen LogP contribution is 2.43. The van der Waals surface area contributed by atoms with Gasteiger partial charge in [0.1, 0.15) is 5.78 Å². The van der Waals surface area contributed by atoms with Crippen molar-refractivity contribution in [2.24, 2.45) is 0 Å². The summed E-state index contributed by atoms with van der Waals surface area (Å²) in [5, 5.41) is 20.1. The van der Waals surface area contributed by atoms with Crippen LogP contribution in [0.2, 0.25) is 0 Å². The fourth-order valence-corrected chi connectivity index (χ4v) is 2.06. The maximum Gasteiger partial charge on any atom is 0.443 e. The van der Waals surface area contributed by atoms with Crippen LogP contribution in [0.25, 0.3) is 0 Å². The first kappa shape index (κ1) is 15.4. The molecule has 6 nitrogen and oxygen atoms in total. The molecule has 9 heteroatoms. The number of carbonyl (C=O) groups excluding carboxylic acids is 1. The lowest BCUT2D eigenvalue weighted by molar-refractivity contribution is -0.386. The number of nitro groups is 1. The van der Waals surface area contributed by atoms with Crippen molar-refractivity contribution in [3.63, 3.8) is 0 Å². The number of nitrogens with zero attached hydrogens (tertiary/aromatic N) is 1. The van der Waals surface area contributed by atoms with Crippen LogP contribution in [-0.2, 0) is 9.53 Å². The summed E-state index contributed by atoms with van der Waals surface area (Å²) >= 11 is 0. The van der Waals surface area contributed by atoms with E-state index in [1.807, 2.05) is 0 Å². The number of Topliss-reactive ketones (excluding diaryl/α,β-unsaturated/α-hetero) is 1. The Labute approximate surface area is 116 Å². The van der Waals surface area contributed by atoms with Gasteiger partial charge in [-0.2, -0.15) is 13.2 Å². The molecule has 0 saturated carbocycles. The van der Waals surface area contributed by atoms with Crippen LogP contribution in [-0.4, -0.2) is 27.8 Å². The van der Waals surface area contributed by atoms with Gasteiger partial charge in [0.25, 0.3) is 11.5 Å². The van der Waals surface area contributed by atoms with Gasteiger partial charge in [0.15, 0.2) is 0 Å². The molecular weight excluding hydrogens is 295 g/mol. The summed E-state index contributed by atoms with van der Waals surface area (Å²) < 4.78 is 42.9. The van der Waals surface area contributed by atoms with Crippen molar-refractivity contribution in [3.05, 3.63) is 39.9 Å². The Morgan fingerprint density at radius 2 is 2.10 bits per heavy atom. The topological polar surface area (TPSA) is 89.7 Å². The number of alkyl halides is 3. The molecule has 1 saturated heterocycles. The molecule has 114 valence electrons. The van der Waals surface area contributed by atoms with Gasteiger partial charge in [-0.15, -0.1) is 0 Å². The van der Waals surface area contributed by atoms with Gasteiger partial charge < -0.3 is 9.84 Å². The predicted molar refractivity (Wildman–Crippen MR) is 62.2 cm³/mol. The number of hydrogen-bond donors (Lipinski definition) is 1. The zero-order chi connectivity index (χ0) is 15.8. The Balaban J connectivity index is 2.34. The SMILES string of the molecule is O=C1CC(c2cccc([N+](=O)[O-])c2)OC(O)(C(F)(F)F)C1. The third kappa shape index (κ3) is 3.03. The molecule has 2 rings (SSSR count). The van der Waals surface area contributed by atoms with Crippen LogP contribution in [0, 0.1) is 10.1 Å². The van der Waals surface area contributed by atoms with Crippen LogP contribution in [0.1, 0.15) is 24.5 Å². The molecule has 1 aliphatic heterocycles. The second kappa shape index (κ2) is 5.08. The molecule has 1 N–H and O–H groups in total. The van der Waals surface area contributed by atoms with E-state index in [-0.39, 0.29) is 17.7 Å². The van der Waals surface area contributed by atoms with Gasteiger partial charge in [-0.3, -0.25) is 14.9 Å².